The van der Waals surface area contributed by atoms with Crippen LogP contribution < -0.4 is 4.74 Å². The normalized spacial score (nSPS) is 18.4. The molecular formula is C13H21N3O2. The van der Waals surface area contributed by atoms with Crippen LogP contribution in [-0.2, 0) is 11.3 Å². The van der Waals surface area contributed by atoms with Gasteiger partial charge in [-0.3, -0.25) is 4.90 Å². The lowest BCUT2D eigenvalue weighted by atomic mass is 9.89. The van der Waals surface area contributed by atoms with Crippen molar-refractivity contribution in [3.63, 3.8) is 0 Å². The van der Waals surface area contributed by atoms with E-state index < -0.39 is 0 Å². The zero-order valence-electron chi connectivity index (χ0n) is 11.3. The lowest BCUT2D eigenvalue weighted by molar-refractivity contribution is -0.132. The summed E-state index contributed by atoms with van der Waals surface area (Å²) in [7, 11) is 3.39. The number of hydrogen-bond acceptors (Lipinski definition) is 5. The minimum absolute atomic E-state index is 0.0614. The molecule has 0 aliphatic carbocycles. The van der Waals surface area contributed by atoms with Crippen molar-refractivity contribution in [2.24, 2.45) is 0 Å². The Kier molecular flexibility index (Phi) is 4.14. The smallest absolute Gasteiger partial charge is 0.316 e. The van der Waals surface area contributed by atoms with Gasteiger partial charge in [-0.25, -0.2) is 4.98 Å². The monoisotopic (exact) mass is 251 g/mol. The third-order valence-electron chi connectivity index (χ3n) is 3.42. The predicted octanol–water partition coefficient (Wildman–Crippen LogP) is 1.49. The van der Waals surface area contributed by atoms with Gasteiger partial charge < -0.3 is 9.47 Å². The molecule has 1 saturated heterocycles. The number of likely N-dealkylation sites (tertiary alicyclic amines) is 1. The number of nitrogens with zero attached hydrogens (tertiary/aromatic N) is 3. The summed E-state index contributed by atoms with van der Waals surface area (Å²) in [5.41, 5.74) is 1.05. The molecule has 0 bridgehead atoms. The van der Waals surface area contributed by atoms with Crippen molar-refractivity contribution in [3.05, 3.63) is 18.0 Å². The van der Waals surface area contributed by atoms with Gasteiger partial charge in [-0.15, -0.1) is 0 Å². The van der Waals surface area contributed by atoms with E-state index in [2.05, 4.69) is 21.8 Å². The average Bonchev–Trinajstić information content (AvgIpc) is 2.36. The van der Waals surface area contributed by atoms with Gasteiger partial charge in [0.25, 0.3) is 0 Å². The van der Waals surface area contributed by atoms with Gasteiger partial charge in [-0.05, 0) is 12.5 Å². The SMILES string of the molecule is CCCC1(OC)CN(Cc2ccnc(OC)n2)C1. The van der Waals surface area contributed by atoms with Gasteiger partial charge in [0.1, 0.15) is 0 Å². The molecule has 1 aromatic heterocycles. The summed E-state index contributed by atoms with van der Waals surface area (Å²) < 4.78 is 10.7. The molecule has 0 atom stereocenters. The molecule has 1 aromatic rings. The summed E-state index contributed by atoms with van der Waals surface area (Å²) in [4.78, 5) is 10.7. The van der Waals surface area contributed by atoms with Crippen LogP contribution in [0.5, 0.6) is 6.01 Å². The van der Waals surface area contributed by atoms with E-state index in [9.17, 15) is 0 Å². The first-order valence-electron chi connectivity index (χ1n) is 6.35. The standard InChI is InChI=1S/C13H21N3O2/c1-4-6-13(18-3)9-16(10-13)8-11-5-7-14-12(15-11)17-2/h5,7H,4,6,8-10H2,1-3H3. The van der Waals surface area contributed by atoms with Crippen LogP contribution in [0.25, 0.3) is 0 Å². The van der Waals surface area contributed by atoms with E-state index in [1.807, 2.05) is 6.07 Å². The molecule has 0 unspecified atom stereocenters. The molecule has 1 aliphatic heterocycles. The Balaban J connectivity index is 1.89. The minimum atomic E-state index is 0.0614. The first kappa shape index (κ1) is 13.2. The summed E-state index contributed by atoms with van der Waals surface area (Å²) >= 11 is 0. The number of aromatic nitrogens is 2. The highest BCUT2D eigenvalue weighted by atomic mass is 16.5. The summed E-state index contributed by atoms with van der Waals surface area (Å²) in [5, 5.41) is 0. The van der Waals surface area contributed by atoms with Crippen LogP contribution in [0.3, 0.4) is 0 Å². The van der Waals surface area contributed by atoms with Gasteiger partial charge >= 0.3 is 6.01 Å². The summed E-state index contributed by atoms with van der Waals surface area (Å²) in [6.07, 6.45) is 4.01. The first-order valence-corrected chi connectivity index (χ1v) is 6.35. The van der Waals surface area contributed by atoms with Crippen molar-refractivity contribution >= 4 is 0 Å². The zero-order chi connectivity index (χ0) is 13.0. The number of methoxy groups -OCH3 is 2. The van der Waals surface area contributed by atoms with E-state index in [0.717, 1.165) is 38.2 Å². The van der Waals surface area contributed by atoms with E-state index in [4.69, 9.17) is 9.47 Å². The maximum absolute atomic E-state index is 5.63. The van der Waals surface area contributed by atoms with E-state index in [1.54, 1.807) is 20.4 Å². The quantitative estimate of drug-likeness (QED) is 0.766. The van der Waals surface area contributed by atoms with Crippen molar-refractivity contribution < 1.29 is 9.47 Å². The topological polar surface area (TPSA) is 47.5 Å². The molecule has 5 nitrogen and oxygen atoms in total. The van der Waals surface area contributed by atoms with E-state index >= 15 is 0 Å². The van der Waals surface area contributed by atoms with Crippen LogP contribution >= 0.6 is 0 Å². The molecule has 0 radical (unpaired) electrons. The van der Waals surface area contributed by atoms with Crippen molar-refractivity contribution in [2.75, 3.05) is 27.3 Å². The number of ether oxygens (including phenoxy) is 2. The first-order chi connectivity index (χ1) is 8.71. The van der Waals surface area contributed by atoms with Gasteiger partial charge in [0.05, 0.1) is 18.4 Å². The molecule has 2 rings (SSSR count). The maximum Gasteiger partial charge on any atom is 0.316 e. The van der Waals surface area contributed by atoms with Crippen molar-refractivity contribution in [2.45, 2.75) is 31.9 Å². The third-order valence-corrected chi connectivity index (χ3v) is 3.42. The fraction of sp³-hybridized carbons (Fsp3) is 0.692. The van der Waals surface area contributed by atoms with Crippen molar-refractivity contribution in [1.29, 1.82) is 0 Å². The lowest BCUT2D eigenvalue weighted by Crippen LogP contribution is -2.62. The van der Waals surface area contributed by atoms with Crippen LogP contribution in [0.2, 0.25) is 0 Å². The highest BCUT2D eigenvalue weighted by Crippen LogP contribution is 2.30. The number of hydrogen-bond donors (Lipinski definition) is 0. The van der Waals surface area contributed by atoms with Crippen LogP contribution in [-0.4, -0.2) is 47.8 Å². The molecule has 100 valence electrons. The Bertz CT molecular complexity index is 392. The van der Waals surface area contributed by atoms with E-state index in [0.29, 0.717) is 6.01 Å². The maximum atomic E-state index is 5.63. The van der Waals surface area contributed by atoms with Crippen LogP contribution in [0.1, 0.15) is 25.5 Å². The Morgan fingerprint density at radius 2 is 2.17 bits per heavy atom. The molecule has 1 aliphatic rings. The van der Waals surface area contributed by atoms with E-state index in [-0.39, 0.29) is 5.60 Å². The minimum Gasteiger partial charge on any atom is -0.467 e. The lowest BCUT2D eigenvalue weighted by Gasteiger charge is -2.49. The number of rotatable bonds is 6. The highest BCUT2D eigenvalue weighted by molar-refractivity contribution is 5.07. The molecule has 2 heterocycles. The van der Waals surface area contributed by atoms with Gasteiger partial charge in [0, 0.05) is 32.9 Å². The summed E-state index contributed by atoms with van der Waals surface area (Å²) in [6.45, 7) is 4.97. The summed E-state index contributed by atoms with van der Waals surface area (Å²) in [6, 6.07) is 2.36. The average molecular weight is 251 g/mol. The molecular weight excluding hydrogens is 230 g/mol. The molecule has 0 saturated carbocycles. The summed E-state index contributed by atoms with van der Waals surface area (Å²) in [5.74, 6) is 0. The molecule has 0 spiro atoms. The Morgan fingerprint density at radius 3 is 2.78 bits per heavy atom. The zero-order valence-corrected chi connectivity index (χ0v) is 11.3. The molecule has 5 heteroatoms. The molecule has 1 fully saturated rings. The Labute approximate surface area is 108 Å². The van der Waals surface area contributed by atoms with E-state index in [1.165, 1.54) is 0 Å². The highest BCUT2D eigenvalue weighted by Gasteiger charge is 2.42. The van der Waals surface area contributed by atoms with Crippen LogP contribution in [0.15, 0.2) is 12.3 Å². The Hall–Kier alpha value is -1.20. The van der Waals surface area contributed by atoms with Crippen LogP contribution in [0.4, 0.5) is 0 Å². The molecule has 0 N–H and O–H groups in total. The Morgan fingerprint density at radius 1 is 1.39 bits per heavy atom. The largest absolute Gasteiger partial charge is 0.467 e. The van der Waals surface area contributed by atoms with Crippen LogP contribution in [0, 0.1) is 0 Å². The second-order valence-electron chi connectivity index (χ2n) is 4.82. The predicted molar refractivity (Wildman–Crippen MR) is 68.5 cm³/mol. The van der Waals surface area contributed by atoms with Crippen molar-refractivity contribution in [1.82, 2.24) is 14.9 Å². The molecule has 0 aromatic carbocycles. The van der Waals surface area contributed by atoms with Gasteiger partial charge in [0.2, 0.25) is 0 Å². The van der Waals surface area contributed by atoms with Gasteiger partial charge in [-0.1, -0.05) is 13.3 Å². The van der Waals surface area contributed by atoms with Gasteiger partial charge in [-0.2, -0.15) is 4.98 Å². The van der Waals surface area contributed by atoms with Gasteiger partial charge in [0.15, 0.2) is 0 Å². The molecule has 0 amide bonds. The second-order valence-corrected chi connectivity index (χ2v) is 4.82. The third kappa shape index (κ3) is 2.79. The fourth-order valence-corrected chi connectivity index (χ4v) is 2.52. The second kappa shape index (κ2) is 5.63. The van der Waals surface area contributed by atoms with Crippen molar-refractivity contribution in [3.8, 4) is 6.01 Å². The molecule has 18 heavy (non-hydrogen) atoms. The fourth-order valence-electron chi connectivity index (χ4n) is 2.52.